The Balaban J connectivity index is 2.22. The van der Waals surface area contributed by atoms with E-state index in [9.17, 15) is 0 Å². The van der Waals surface area contributed by atoms with Crippen molar-refractivity contribution in [3.8, 4) is 0 Å². The summed E-state index contributed by atoms with van der Waals surface area (Å²) in [5.41, 5.74) is 1.47. The third kappa shape index (κ3) is 3.88. The fraction of sp³-hybridized carbons (Fsp3) is 0.625. The Kier molecular flexibility index (Phi) is 5.78. The minimum absolute atomic E-state index is 0.0340. The van der Waals surface area contributed by atoms with Crippen molar-refractivity contribution in [2.24, 2.45) is 0 Å². The second kappa shape index (κ2) is 6.80. The topological polar surface area (TPSA) is 9.23 Å². The van der Waals surface area contributed by atoms with Gasteiger partial charge in [-0.15, -0.1) is 0 Å². The second-order valence-corrected chi connectivity index (χ2v) is 8.34. The molecule has 20 heavy (non-hydrogen) atoms. The van der Waals surface area contributed by atoms with Crippen LogP contribution in [-0.4, -0.2) is 22.4 Å². The van der Waals surface area contributed by atoms with Crippen LogP contribution in [-0.2, 0) is 10.2 Å². The van der Waals surface area contributed by atoms with Crippen molar-refractivity contribution in [2.75, 3.05) is 10.7 Å². The smallest absolute Gasteiger partial charge is 0.0631 e. The van der Waals surface area contributed by atoms with Crippen LogP contribution in [0.1, 0.15) is 38.7 Å². The van der Waals surface area contributed by atoms with Gasteiger partial charge >= 0.3 is 0 Å². The molecule has 1 fully saturated rings. The molecule has 112 valence electrons. The van der Waals surface area contributed by atoms with E-state index in [0.29, 0.717) is 6.10 Å². The molecule has 1 heterocycles. The quantitative estimate of drug-likeness (QED) is 0.494. The maximum Gasteiger partial charge on any atom is 0.0631 e. The summed E-state index contributed by atoms with van der Waals surface area (Å²) in [6.45, 7) is 4.38. The molecule has 0 saturated carbocycles. The van der Waals surface area contributed by atoms with Crippen LogP contribution in [0.4, 0.5) is 0 Å². The molecule has 4 heteroatoms. The SMILES string of the molecule is CC1(C)CCC(CC(CBr)(CBr)c2cccc(Br)c2)O1. The first-order valence-electron chi connectivity index (χ1n) is 6.97. The maximum atomic E-state index is 6.21. The van der Waals surface area contributed by atoms with E-state index in [4.69, 9.17) is 4.74 Å². The Morgan fingerprint density at radius 1 is 1.30 bits per heavy atom. The van der Waals surface area contributed by atoms with Crippen molar-refractivity contribution >= 4 is 47.8 Å². The van der Waals surface area contributed by atoms with E-state index >= 15 is 0 Å². The van der Waals surface area contributed by atoms with Gasteiger partial charge in [0.25, 0.3) is 0 Å². The van der Waals surface area contributed by atoms with Crippen molar-refractivity contribution in [3.63, 3.8) is 0 Å². The van der Waals surface area contributed by atoms with E-state index < -0.39 is 0 Å². The number of benzene rings is 1. The van der Waals surface area contributed by atoms with Gasteiger partial charge < -0.3 is 4.74 Å². The number of alkyl halides is 2. The van der Waals surface area contributed by atoms with Crippen LogP contribution < -0.4 is 0 Å². The molecule has 1 aliphatic rings. The summed E-state index contributed by atoms with van der Waals surface area (Å²) < 4.78 is 7.34. The normalized spacial score (nSPS) is 22.1. The molecule has 0 bridgehead atoms. The van der Waals surface area contributed by atoms with E-state index in [2.05, 4.69) is 85.9 Å². The van der Waals surface area contributed by atoms with Crippen molar-refractivity contribution in [3.05, 3.63) is 34.3 Å². The number of hydrogen-bond acceptors (Lipinski definition) is 1. The van der Waals surface area contributed by atoms with Gasteiger partial charge in [-0.3, -0.25) is 0 Å². The molecule has 1 nitrogen and oxygen atoms in total. The maximum absolute atomic E-state index is 6.21. The molecule has 0 N–H and O–H groups in total. The average Bonchev–Trinajstić information content (AvgIpc) is 2.75. The zero-order valence-corrected chi connectivity index (χ0v) is 16.7. The first-order chi connectivity index (χ1) is 9.41. The first-order valence-corrected chi connectivity index (χ1v) is 10.0. The van der Waals surface area contributed by atoms with E-state index in [1.807, 2.05) is 0 Å². The lowest BCUT2D eigenvalue weighted by molar-refractivity contribution is -0.0247. The van der Waals surface area contributed by atoms with Crippen molar-refractivity contribution in [1.29, 1.82) is 0 Å². The standard InChI is InChI=1S/C16H21Br3O/c1-15(2)7-6-14(20-15)9-16(10-17,11-18)12-4-3-5-13(19)8-12/h3-5,8,14H,6-7,9-11H2,1-2H3. The highest BCUT2D eigenvalue weighted by Gasteiger charge is 2.39. The third-order valence-corrected chi connectivity index (χ3v) is 6.76. The fourth-order valence-corrected chi connectivity index (χ4v) is 5.33. The van der Waals surface area contributed by atoms with Crippen LogP contribution in [0.5, 0.6) is 0 Å². The van der Waals surface area contributed by atoms with Crippen LogP contribution in [0.3, 0.4) is 0 Å². The molecular weight excluding hydrogens is 448 g/mol. The molecule has 1 aromatic rings. The lowest BCUT2D eigenvalue weighted by Crippen LogP contribution is -2.35. The number of rotatable bonds is 5. The summed E-state index contributed by atoms with van der Waals surface area (Å²) >= 11 is 11.0. The van der Waals surface area contributed by atoms with Gasteiger partial charge in [0, 0.05) is 20.5 Å². The molecule has 2 rings (SSSR count). The lowest BCUT2D eigenvalue weighted by atomic mass is 9.79. The molecule has 0 radical (unpaired) electrons. The Hall–Kier alpha value is 0.620. The summed E-state index contributed by atoms with van der Waals surface area (Å²) in [6, 6.07) is 8.63. The number of halogens is 3. The average molecular weight is 469 g/mol. The Labute approximate surface area is 147 Å². The van der Waals surface area contributed by atoms with Crippen molar-refractivity contribution in [2.45, 2.75) is 50.2 Å². The van der Waals surface area contributed by atoms with Gasteiger partial charge in [0.1, 0.15) is 0 Å². The summed E-state index contributed by atoms with van der Waals surface area (Å²) in [5.74, 6) is 0. The molecule has 0 aromatic heterocycles. The third-order valence-electron chi connectivity index (χ3n) is 4.12. The molecule has 1 atom stereocenters. The fourth-order valence-electron chi connectivity index (χ4n) is 2.89. The zero-order valence-electron chi connectivity index (χ0n) is 12.0. The number of hydrogen-bond donors (Lipinski definition) is 0. The van der Waals surface area contributed by atoms with E-state index in [-0.39, 0.29) is 11.0 Å². The molecule has 1 aliphatic heterocycles. The monoisotopic (exact) mass is 466 g/mol. The summed E-state index contributed by atoms with van der Waals surface area (Å²) in [6.07, 6.45) is 3.70. The van der Waals surface area contributed by atoms with Crippen LogP contribution in [0, 0.1) is 0 Å². The molecule has 0 spiro atoms. The highest BCUT2D eigenvalue weighted by atomic mass is 79.9. The Morgan fingerprint density at radius 3 is 2.50 bits per heavy atom. The van der Waals surface area contributed by atoms with Crippen LogP contribution in [0.15, 0.2) is 28.7 Å². The highest BCUT2D eigenvalue weighted by Crippen LogP contribution is 2.40. The predicted octanol–water partition coefficient (Wildman–Crippen LogP) is 5.82. The Bertz CT molecular complexity index is 455. The Morgan fingerprint density at radius 2 is 2.00 bits per heavy atom. The van der Waals surface area contributed by atoms with Gasteiger partial charge in [0.05, 0.1) is 11.7 Å². The minimum Gasteiger partial charge on any atom is -0.372 e. The molecular formula is C16H21Br3O. The van der Waals surface area contributed by atoms with E-state index in [1.54, 1.807) is 0 Å². The summed E-state index contributed by atoms with van der Waals surface area (Å²) in [5, 5.41) is 1.87. The van der Waals surface area contributed by atoms with Gasteiger partial charge in [0.15, 0.2) is 0 Å². The highest BCUT2D eigenvalue weighted by molar-refractivity contribution is 9.10. The van der Waals surface area contributed by atoms with Crippen LogP contribution in [0.25, 0.3) is 0 Å². The van der Waals surface area contributed by atoms with Gasteiger partial charge in [-0.05, 0) is 50.8 Å². The summed E-state index contributed by atoms with van der Waals surface area (Å²) in [4.78, 5) is 0. The molecule has 1 aromatic carbocycles. The predicted molar refractivity (Wildman–Crippen MR) is 96.2 cm³/mol. The lowest BCUT2D eigenvalue weighted by Gasteiger charge is -2.34. The summed E-state index contributed by atoms with van der Waals surface area (Å²) in [7, 11) is 0. The van der Waals surface area contributed by atoms with Gasteiger partial charge in [-0.1, -0.05) is 59.9 Å². The first kappa shape index (κ1) is 17.0. The van der Waals surface area contributed by atoms with Crippen molar-refractivity contribution < 1.29 is 4.74 Å². The van der Waals surface area contributed by atoms with Crippen LogP contribution >= 0.6 is 47.8 Å². The van der Waals surface area contributed by atoms with Gasteiger partial charge in [-0.2, -0.15) is 0 Å². The second-order valence-electron chi connectivity index (χ2n) is 6.30. The minimum atomic E-state index is 0.0340. The molecule has 1 saturated heterocycles. The molecule has 0 amide bonds. The van der Waals surface area contributed by atoms with Gasteiger partial charge in [-0.25, -0.2) is 0 Å². The largest absolute Gasteiger partial charge is 0.372 e. The molecule has 1 unspecified atom stereocenters. The van der Waals surface area contributed by atoms with E-state index in [1.165, 1.54) is 5.56 Å². The number of ether oxygens (including phenoxy) is 1. The molecule has 0 aliphatic carbocycles. The van der Waals surface area contributed by atoms with Gasteiger partial charge in [0.2, 0.25) is 0 Å². The van der Waals surface area contributed by atoms with E-state index in [0.717, 1.165) is 34.4 Å². The zero-order chi connectivity index (χ0) is 14.8. The van der Waals surface area contributed by atoms with Crippen LogP contribution in [0.2, 0.25) is 0 Å². The van der Waals surface area contributed by atoms with Crippen molar-refractivity contribution in [1.82, 2.24) is 0 Å².